The summed E-state index contributed by atoms with van der Waals surface area (Å²) >= 11 is 0. The Kier molecular flexibility index (Phi) is 5.97. The van der Waals surface area contributed by atoms with Crippen molar-refractivity contribution >= 4 is 23.4 Å². The standard InChI is InChI=1S/C23H25N3O4/c27-21(24-14-17-7-3-1-4-8-17)15-26-19-13-18(9-10-20(19)30-16-22(26)28)23(29)25-11-5-2-6-12-25/h1,3-4,7-10,13H,2,5-6,11-12,14-16H2,(H,24,27). The van der Waals surface area contributed by atoms with Crippen LogP contribution in [0.1, 0.15) is 35.2 Å². The third-order valence-corrected chi connectivity index (χ3v) is 5.43. The normalized spacial score (nSPS) is 15.9. The zero-order chi connectivity index (χ0) is 20.9. The smallest absolute Gasteiger partial charge is 0.265 e. The lowest BCUT2D eigenvalue weighted by Gasteiger charge is -2.30. The minimum Gasteiger partial charge on any atom is -0.482 e. The SMILES string of the molecule is O=C(CN1C(=O)COc2ccc(C(=O)N3CCCCC3)cc21)NCc1ccccc1. The second-order valence-corrected chi connectivity index (χ2v) is 7.57. The Balaban J connectivity index is 1.48. The lowest BCUT2D eigenvalue weighted by Crippen LogP contribution is -2.45. The van der Waals surface area contributed by atoms with Crippen molar-refractivity contribution in [2.24, 2.45) is 0 Å². The number of fused-ring (bicyclic) bond motifs is 1. The van der Waals surface area contributed by atoms with Gasteiger partial charge >= 0.3 is 0 Å². The molecule has 30 heavy (non-hydrogen) atoms. The molecule has 0 atom stereocenters. The molecular formula is C23H25N3O4. The number of ether oxygens (including phenoxy) is 1. The molecule has 1 saturated heterocycles. The summed E-state index contributed by atoms with van der Waals surface area (Å²) in [5, 5.41) is 2.84. The number of hydrogen-bond acceptors (Lipinski definition) is 4. The molecule has 4 rings (SSSR count). The molecule has 2 heterocycles. The molecular weight excluding hydrogens is 382 g/mol. The van der Waals surface area contributed by atoms with Crippen molar-refractivity contribution in [1.29, 1.82) is 0 Å². The molecule has 0 spiro atoms. The zero-order valence-electron chi connectivity index (χ0n) is 16.8. The number of benzene rings is 2. The third kappa shape index (κ3) is 4.45. The van der Waals surface area contributed by atoms with Crippen LogP contribution < -0.4 is 15.0 Å². The third-order valence-electron chi connectivity index (χ3n) is 5.43. The molecule has 0 saturated carbocycles. The number of nitrogens with one attached hydrogen (secondary N) is 1. The van der Waals surface area contributed by atoms with E-state index >= 15 is 0 Å². The van der Waals surface area contributed by atoms with Gasteiger partial charge in [0.15, 0.2) is 6.61 Å². The Morgan fingerprint density at radius 2 is 1.77 bits per heavy atom. The summed E-state index contributed by atoms with van der Waals surface area (Å²) < 4.78 is 5.51. The molecule has 0 radical (unpaired) electrons. The number of likely N-dealkylation sites (tertiary alicyclic amines) is 1. The fourth-order valence-corrected chi connectivity index (χ4v) is 3.78. The van der Waals surface area contributed by atoms with Gasteiger partial charge in [-0.05, 0) is 43.0 Å². The predicted molar refractivity (Wildman–Crippen MR) is 112 cm³/mol. The summed E-state index contributed by atoms with van der Waals surface area (Å²) in [6.45, 7) is 1.63. The molecule has 0 aromatic heterocycles. The Morgan fingerprint density at radius 1 is 1.00 bits per heavy atom. The number of piperidine rings is 1. The van der Waals surface area contributed by atoms with Crippen LogP contribution in [0.3, 0.4) is 0 Å². The monoisotopic (exact) mass is 407 g/mol. The van der Waals surface area contributed by atoms with Gasteiger partial charge in [0.05, 0.1) is 5.69 Å². The van der Waals surface area contributed by atoms with Crippen molar-refractivity contribution in [3.8, 4) is 5.75 Å². The van der Waals surface area contributed by atoms with E-state index in [9.17, 15) is 14.4 Å². The summed E-state index contributed by atoms with van der Waals surface area (Å²) in [6.07, 6.45) is 3.15. The van der Waals surface area contributed by atoms with Crippen LogP contribution in [0.15, 0.2) is 48.5 Å². The summed E-state index contributed by atoms with van der Waals surface area (Å²) in [5.74, 6) is -0.127. The summed E-state index contributed by atoms with van der Waals surface area (Å²) in [6, 6.07) is 14.7. The van der Waals surface area contributed by atoms with Crippen LogP contribution >= 0.6 is 0 Å². The van der Waals surface area contributed by atoms with E-state index in [4.69, 9.17) is 4.74 Å². The number of amides is 3. The first-order valence-corrected chi connectivity index (χ1v) is 10.3. The van der Waals surface area contributed by atoms with Gasteiger partial charge in [-0.25, -0.2) is 0 Å². The molecule has 0 unspecified atom stereocenters. The van der Waals surface area contributed by atoms with E-state index in [0.717, 1.165) is 37.9 Å². The van der Waals surface area contributed by atoms with Crippen LogP contribution in [0.25, 0.3) is 0 Å². The number of nitrogens with zero attached hydrogens (tertiary/aromatic N) is 2. The Bertz CT molecular complexity index is 939. The van der Waals surface area contributed by atoms with Crippen LogP contribution in [0.4, 0.5) is 5.69 Å². The number of hydrogen-bond donors (Lipinski definition) is 1. The number of rotatable bonds is 5. The van der Waals surface area contributed by atoms with Gasteiger partial charge in [-0.15, -0.1) is 0 Å². The fraction of sp³-hybridized carbons (Fsp3) is 0.348. The van der Waals surface area contributed by atoms with Crippen LogP contribution in [-0.4, -0.2) is 48.9 Å². The molecule has 7 nitrogen and oxygen atoms in total. The fourth-order valence-electron chi connectivity index (χ4n) is 3.78. The Hall–Kier alpha value is -3.35. The van der Waals surface area contributed by atoms with Crippen LogP contribution in [0.5, 0.6) is 5.75 Å². The van der Waals surface area contributed by atoms with Crippen molar-refractivity contribution in [3.05, 3.63) is 59.7 Å². The van der Waals surface area contributed by atoms with Crippen molar-refractivity contribution in [2.75, 3.05) is 31.1 Å². The van der Waals surface area contributed by atoms with Crippen LogP contribution in [0.2, 0.25) is 0 Å². The van der Waals surface area contributed by atoms with Crippen molar-refractivity contribution in [1.82, 2.24) is 10.2 Å². The van der Waals surface area contributed by atoms with Gasteiger partial charge in [-0.3, -0.25) is 19.3 Å². The van der Waals surface area contributed by atoms with E-state index in [1.807, 2.05) is 35.2 Å². The quantitative estimate of drug-likeness (QED) is 0.825. The van der Waals surface area contributed by atoms with Crippen molar-refractivity contribution in [3.63, 3.8) is 0 Å². The number of carbonyl (C=O) groups excluding carboxylic acids is 3. The second kappa shape index (κ2) is 8.98. The first-order chi connectivity index (χ1) is 14.6. The molecule has 156 valence electrons. The molecule has 2 aliphatic rings. The van der Waals surface area contributed by atoms with Gasteiger partial charge in [0, 0.05) is 25.2 Å². The summed E-state index contributed by atoms with van der Waals surface area (Å²) in [5.41, 5.74) is 1.95. The highest BCUT2D eigenvalue weighted by molar-refractivity contribution is 6.04. The van der Waals surface area contributed by atoms with Gasteiger partial charge in [0.1, 0.15) is 12.3 Å². The van der Waals surface area contributed by atoms with Crippen molar-refractivity contribution < 1.29 is 19.1 Å². The van der Waals surface area contributed by atoms with Crippen LogP contribution in [0, 0.1) is 0 Å². The first-order valence-electron chi connectivity index (χ1n) is 10.3. The maximum atomic E-state index is 12.9. The molecule has 0 bridgehead atoms. The van der Waals surface area contributed by atoms with Gasteiger partial charge in [-0.1, -0.05) is 30.3 Å². The van der Waals surface area contributed by atoms with E-state index in [1.165, 1.54) is 4.90 Å². The van der Waals surface area contributed by atoms with E-state index < -0.39 is 0 Å². The van der Waals surface area contributed by atoms with Gasteiger partial charge < -0.3 is 15.0 Å². The average molecular weight is 407 g/mol. The Morgan fingerprint density at radius 3 is 2.53 bits per heavy atom. The molecule has 1 fully saturated rings. The molecule has 2 aromatic rings. The van der Waals surface area contributed by atoms with E-state index in [1.54, 1.807) is 18.2 Å². The summed E-state index contributed by atoms with van der Waals surface area (Å²) in [7, 11) is 0. The zero-order valence-corrected chi connectivity index (χ0v) is 16.8. The molecule has 3 amide bonds. The molecule has 2 aromatic carbocycles. The predicted octanol–water partition coefficient (Wildman–Crippen LogP) is 2.35. The molecule has 1 N–H and O–H groups in total. The topological polar surface area (TPSA) is 79.0 Å². The number of carbonyl (C=O) groups is 3. The lowest BCUT2D eigenvalue weighted by molar-refractivity contribution is -0.125. The maximum absolute atomic E-state index is 12.9. The van der Waals surface area contributed by atoms with Gasteiger partial charge in [0.25, 0.3) is 11.8 Å². The van der Waals surface area contributed by atoms with E-state index in [0.29, 0.717) is 23.5 Å². The Labute approximate surface area is 175 Å². The highest BCUT2D eigenvalue weighted by atomic mass is 16.5. The molecule has 7 heteroatoms. The van der Waals surface area contributed by atoms with Gasteiger partial charge in [-0.2, -0.15) is 0 Å². The van der Waals surface area contributed by atoms with Gasteiger partial charge in [0.2, 0.25) is 5.91 Å². The number of anilines is 1. The molecule has 0 aliphatic carbocycles. The largest absolute Gasteiger partial charge is 0.482 e. The molecule has 2 aliphatic heterocycles. The first kappa shape index (κ1) is 19.9. The van der Waals surface area contributed by atoms with Crippen molar-refractivity contribution in [2.45, 2.75) is 25.8 Å². The van der Waals surface area contributed by atoms with Crippen LogP contribution in [-0.2, 0) is 16.1 Å². The minimum absolute atomic E-state index is 0.0519. The van der Waals surface area contributed by atoms with E-state index in [-0.39, 0.29) is 30.9 Å². The maximum Gasteiger partial charge on any atom is 0.265 e. The van der Waals surface area contributed by atoms with E-state index in [2.05, 4.69) is 5.32 Å². The summed E-state index contributed by atoms with van der Waals surface area (Å²) in [4.78, 5) is 41.1. The average Bonchev–Trinajstić information content (AvgIpc) is 2.80. The minimum atomic E-state index is -0.306. The second-order valence-electron chi connectivity index (χ2n) is 7.57. The highest BCUT2D eigenvalue weighted by Crippen LogP contribution is 2.33. The lowest BCUT2D eigenvalue weighted by atomic mass is 10.1. The highest BCUT2D eigenvalue weighted by Gasteiger charge is 2.29.